The van der Waals surface area contributed by atoms with Gasteiger partial charge in [0, 0.05) is 34.7 Å². The molecule has 32 heavy (non-hydrogen) atoms. The number of hydrogen-bond acceptors (Lipinski definition) is 5. The van der Waals surface area contributed by atoms with Crippen molar-refractivity contribution in [2.45, 2.75) is 67.9 Å². The van der Waals surface area contributed by atoms with E-state index >= 15 is 0 Å². The van der Waals surface area contributed by atoms with Crippen LogP contribution in [0.15, 0.2) is 55.0 Å². The quantitative estimate of drug-likeness (QED) is 0.419. The molecule has 0 spiro atoms. The van der Waals surface area contributed by atoms with Crippen LogP contribution in [0.3, 0.4) is 0 Å². The van der Waals surface area contributed by atoms with Gasteiger partial charge >= 0.3 is 0 Å². The van der Waals surface area contributed by atoms with E-state index in [-0.39, 0.29) is 0 Å². The molecule has 3 aromatic rings. The predicted octanol–water partition coefficient (Wildman–Crippen LogP) is 7.09. The maximum Gasteiger partial charge on any atom is 0.159 e. The summed E-state index contributed by atoms with van der Waals surface area (Å²) in [5, 5.41) is 14.5. The van der Waals surface area contributed by atoms with Crippen molar-refractivity contribution in [3.05, 3.63) is 72.1 Å². The van der Waals surface area contributed by atoms with E-state index in [1.54, 1.807) is 26.2 Å². The smallest absolute Gasteiger partial charge is 0.159 e. The average molecular weight is 435 g/mol. The van der Waals surface area contributed by atoms with Crippen LogP contribution >= 0.6 is 0 Å². The minimum atomic E-state index is -1.06. The summed E-state index contributed by atoms with van der Waals surface area (Å²) in [6.45, 7) is 21.4. The third-order valence-electron chi connectivity index (χ3n) is 4.66. The molecule has 1 aromatic carbocycles. The van der Waals surface area contributed by atoms with Crippen molar-refractivity contribution < 1.29 is 5.11 Å². The van der Waals surface area contributed by atoms with Crippen LogP contribution in [0.5, 0.6) is 0 Å². The maximum absolute atomic E-state index is 10.1. The molecular weight excluding hydrogens is 396 g/mol. The first-order chi connectivity index (χ1) is 15.2. The molecule has 2 aromatic heterocycles. The van der Waals surface area contributed by atoms with Gasteiger partial charge in [-0.1, -0.05) is 46.4 Å². The molecule has 0 fully saturated rings. The lowest BCUT2D eigenvalue weighted by molar-refractivity contribution is 0.0687. The van der Waals surface area contributed by atoms with E-state index in [1.807, 2.05) is 65.8 Å². The molecule has 0 bridgehead atoms. The number of aliphatic hydroxyl groups is 1. The standard InChI is InChI=1S/C23H26N4O.2C2H6/c1-7-8-14(2)26-21-15(3)16(4)27-20-10-9-17(11-19(20)21)18-12-24-22(25-13-18)23(5,6)28;2*1-2/h7-13,28H,2H2,1,3-6H3,(H,26,27);2*1-2H3/b8-7-;;. The number of benzene rings is 1. The molecule has 5 nitrogen and oxygen atoms in total. The molecule has 0 aliphatic heterocycles. The lowest BCUT2D eigenvalue weighted by atomic mass is 10.0. The van der Waals surface area contributed by atoms with Crippen LogP contribution < -0.4 is 5.32 Å². The fourth-order valence-electron chi connectivity index (χ4n) is 3.02. The van der Waals surface area contributed by atoms with Gasteiger partial charge in [0.15, 0.2) is 5.82 Å². The Bertz CT molecular complexity index is 1060. The van der Waals surface area contributed by atoms with Gasteiger partial charge in [0.25, 0.3) is 0 Å². The van der Waals surface area contributed by atoms with Gasteiger partial charge in [-0.3, -0.25) is 4.98 Å². The zero-order valence-corrected chi connectivity index (χ0v) is 21.0. The minimum Gasteiger partial charge on any atom is -0.382 e. The Morgan fingerprint density at radius 2 is 1.62 bits per heavy atom. The Morgan fingerprint density at radius 3 is 2.16 bits per heavy atom. The Hall–Kier alpha value is -3.05. The number of hydrogen-bond donors (Lipinski definition) is 2. The molecule has 3 rings (SSSR count). The molecule has 5 heteroatoms. The van der Waals surface area contributed by atoms with E-state index in [9.17, 15) is 5.11 Å². The van der Waals surface area contributed by atoms with Gasteiger partial charge < -0.3 is 10.4 Å². The van der Waals surface area contributed by atoms with Crippen molar-refractivity contribution in [3.8, 4) is 11.1 Å². The number of fused-ring (bicyclic) bond motifs is 1. The number of nitrogens with one attached hydrogen (secondary N) is 1. The summed E-state index contributed by atoms with van der Waals surface area (Å²) < 4.78 is 0. The van der Waals surface area contributed by atoms with Crippen molar-refractivity contribution in [1.82, 2.24) is 15.0 Å². The summed E-state index contributed by atoms with van der Waals surface area (Å²) >= 11 is 0. The van der Waals surface area contributed by atoms with E-state index in [1.165, 1.54) is 0 Å². The van der Waals surface area contributed by atoms with Gasteiger partial charge in [0.1, 0.15) is 5.60 Å². The molecular formula is C27H38N4O. The zero-order valence-electron chi connectivity index (χ0n) is 21.0. The first kappa shape index (κ1) is 27.0. The van der Waals surface area contributed by atoms with Gasteiger partial charge in [-0.25, -0.2) is 9.97 Å². The highest BCUT2D eigenvalue weighted by Crippen LogP contribution is 2.32. The van der Waals surface area contributed by atoms with Crippen molar-refractivity contribution in [1.29, 1.82) is 0 Å². The average Bonchev–Trinajstić information content (AvgIpc) is 2.79. The number of nitrogens with zero attached hydrogens (tertiary/aromatic N) is 3. The third kappa shape index (κ3) is 6.47. The molecule has 2 N–H and O–H groups in total. The van der Waals surface area contributed by atoms with Gasteiger partial charge in [-0.05, 0) is 64.0 Å². The first-order valence-corrected chi connectivity index (χ1v) is 11.3. The number of aromatic nitrogens is 3. The Kier molecular flexibility index (Phi) is 10.2. The maximum atomic E-state index is 10.1. The lowest BCUT2D eigenvalue weighted by Crippen LogP contribution is -2.19. The Balaban J connectivity index is 0.00000121. The SMILES string of the molecule is C=C(/C=C\C)Nc1c(C)c(C)nc2ccc(-c3cnc(C(C)(C)O)nc3)cc12.CC.CC. The van der Waals surface area contributed by atoms with Crippen LogP contribution in [0.1, 0.15) is 65.5 Å². The van der Waals surface area contributed by atoms with Crippen LogP contribution in [0.2, 0.25) is 0 Å². The van der Waals surface area contributed by atoms with Crippen LogP contribution in [0.4, 0.5) is 5.69 Å². The zero-order chi connectivity index (χ0) is 24.5. The van der Waals surface area contributed by atoms with Crippen LogP contribution in [-0.4, -0.2) is 20.1 Å². The molecule has 0 aliphatic carbocycles. The van der Waals surface area contributed by atoms with Crippen LogP contribution in [0.25, 0.3) is 22.0 Å². The fraction of sp³-hybridized carbons (Fsp3) is 0.370. The molecule has 0 radical (unpaired) electrons. The van der Waals surface area contributed by atoms with E-state index in [0.29, 0.717) is 5.82 Å². The van der Waals surface area contributed by atoms with Gasteiger partial charge in [0.2, 0.25) is 0 Å². The molecule has 0 unspecified atom stereocenters. The monoisotopic (exact) mass is 434 g/mol. The Labute approximate surface area is 193 Å². The molecule has 0 aliphatic rings. The molecule has 0 saturated heterocycles. The van der Waals surface area contributed by atoms with Gasteiger partial charge in [-0.15, -0.1) is 0 Å². The van der Waals surface area contributed by atoms with E-state index in [0.717, 1.165) is 44.7 Å². The highest BCUT2D eigenvalue weighted by molar-refractivity contribution is 5.96. The van der Waals surface area contributed by atoms with E-state index in [4.69, 9.17) is 4.98 Å². The summed E-state index contributed by atoms with van der Waals surface area (Å²) in [7, 11) is 0. The van der Waals surface area contributed by atoms with Crippen molar-refractivity contribution >= 4 is 16.6 Å². The third-order valence-corrected chi connectivity index (χ3v) is 4.66. The largest absolute Gasteiger partial charge is 0.382 e. The second-order valence-electron chi connectivity index (χ2n) is 7.43. The normalized spacial score (nSPS) is 10.8. The highest BCUT2D eigenvalue weighted by Gasteiger charge is 2.19. The second kappa shape index (κ2) is 12.1. The van der Waals surface area contributed by atoms with Crippen LogP contribution in [0, 0.1) is 13.8 Å². The number of aryl methyl sites for hydroxylation is 1. The first-order valence-electron chi connectivity index (χ1n) is 11.3. The Morgan fingerprint density at radius 1 is 1.03 bits per heavy atom. The summed E-state index contributed by atoms with van der Waals surface area (Å²) in [6.07, 6.45) is 7.37. The van der Waals surface area contributed by atoms with E-state index < -0.39 is 5.60 Å². The number of allylic oxidation sites excluding steroid dienone is 2. The summed E-state index contributed by atoms with van der Waals surface area (Å²) in [4.78, 5) is 13.4. The topological polar surface area (TPSA) is 70.9 Å². The number of anilines is 1. The summed E-state index contributed by atoms with van der Waals surface area (Å²) in [5.74, 6) is 0.398. The van der Waals surface area contributed by atoms with Crippen molar-refractivity contribution in [2.75, 3.05) is 5.32 Å². The fourth-order valence-corrected chi connectivity index (χ4v) is 3.02. The summed E-state index contributed by atoms with van der Waals surface area (Å²) in [5.41, 5.74) is 5.60. The molecule has 172 valence electrons. The lowest BCUT2D eigenvalue weighted by Gasteiger charge is -2.16. The summed E-state index contributed by atoms with van der Waals surface area (Å²) in [6, 6.07) is 6.10. The van der Waals surface area contributed by atoms with Gasteiger partial charge in [-0.2, -0.15) is 0 Å². The number of pyridine rings is 1. The van der Waals surface area contributed by atoms with E-state index in [2.05, 4.69) is 34.9 Å². The second-order valence-corrected chi connectivity index (χ2v) is 7.43. The predicted molar refractivity (Wildman–Crippen MR) is 138 cm³/mol. The van der Waals surface area contributed by atoms with Crippen molar-refractivity contribution in [3.63, 3.8) is 0 Å². The van der Waals surface area contributed by atoms with Gasteiger partial charge in [0.05, 0.1) is 11.2 Å². The number of rotatable bonds is 5. The molecule has 0 saturated carbocycles. The highest BCUT2D eigenvalue weighted by atomic mass is 16.3. The molecule has 2 heterocycles. The minimum absolute atomic E-state index is 0.398. The van der Waals surface area contributed by atoms with Crippen molar-refractivity contribution in [2.24, 2.45) is 0 Å². The molecule has 0 amide bonds. The molecule has 0 atom stereocenters. The van der Waals surface area contributed by atoms with Crippen LogP contribution in [-0.2, 0) is 5.60 Å².